The highest BCUT2D eigenvalue weighted by Crippen LogP contribution is 2.27. The largest absolute Gasteiger partial charge is 0.263 e. The van der Waals surface area contributed by atoms with E-state index in [2.05, 4.69) is 9.71 Å². The topological polar surface area (TPSA) is 59.1 Å². The summed E-state index contributed by atoms with van der Waals surface area (Å²) >= 11 is 1.32. The van der Waals surface area contributed by atoms with Crippen LogP contribution in [0, 0.1) is 6.92 Å². The van der Waals surface area contributed by atoms with Crippen molar-refractivity contribution < 1.29 is 8.42 Å². The number of fused-ring (bicyclic) bond motifs is 1. The number of nitrogens with zero attached hydrogens (tertiary/aromatic N) is 1. The van der Waals surface area contributed by atoms with Crippen LogP contribution < -0.4 is 4.72 Å². The van der Waals surface area contributed by atoms with Crippen LogP contribution in [0.2, 0.25) is 0 Å². The summed E-state index contributed by atoms with van der Waals surface area (Å²) in [5.74, 6) is 0. The van der Waals surface area contributed by atoms with E-state index in [4.69, 9.17) is 0 Å². The maximum atomic E-state index is 12.4. The van der Waals surface area contributed by atoms with E-state index in [-0.39, 0.29) is 4.90 Å². The number of para-hydroxylation sites is 1. The van der Waals surface area contributed by atoms with Crippen LogP contribution in [-0.4, -0.2) is 13.4 Å². The molecular weight excluding hydrogens is 292 g/mol. The van der Waals surface area contributed by atoms with E-state index in [1.54, 1.807) is 25.1 Å². The van der Waals surface area contributed by atoms with Gasteiger partial charge in [-0.15, -0.1) is 0 Å². The van der Waals surface area contributed by atoms with Gasteiger partial charge in [0.25, 0.3) is 10.0 Å². The summed E-state index contributed by atoms with van der Waals surface area (Å²) in [6, 6.07) is 14.4. The fourth-order valence-corrected chi connectivity index (χ4v) is 4.29. The summed E-state index contributed by atoms with van der Waals surface area (Å²) < 4.78 is 28.2. The Hall–Kier alpha value is -1.92. The molecule has 6 heteroatoms. The standard InChI is InChI=1S/C14H12N2O2S2/c1-10-6-2-5-9-13(10)20(17,18)16-14-15-11-7-3-4-8-12(11)19-14/h2-9H,1H3,(H,15,16). The van der Waals surface area contributed by atoms with Crippen LogP contribution in [0.1, 0.15) is 5.56 Å². The molecular formula is C14H12N2O2S2. The van der Waals surface area contributed by atoms with Crippen molar-refractivity contribution in [3.05, 3.63) is 54.1 Å². The molecule has 4 nitrogen and oxygen atoms in total. The summed E-state index contributed by atoms with van der Waals surface area (Å²) in [6.45, 7) is 1.77. The van der Waals surface area contributed by atoms with Gasteiger partial charge in [0, 0.05) is 0 Å². The summed E-state index contributed by atoms with van der Waals surface area (Å²) in [5.41, 5.74) is 1.50. The number of hydrogen-bond donors (Lipinski definition) is 1. The van der Waals surface area contributed by atoms with Crippen molar-refractivity contribution in [2.24, 2.45) is 0 Å². The molecule has 0 aliphatic rings. The number of thiazole rings is 1. The molecule has 0 unspecified atom stereocenters. The van der Waals surface area contributed by atoms with Crippen LogP contribution in [0.3, 0.4) is 0 Å². The number of aryl methyl sites for hydroxylation is 1. The molecule has 1 aromatic heterocycles. The first-order valence-corrected chi connectivity index (χ1v) is 8.30. The minimum atomic E-state index is -3.59. The van der Waals surface area contributed by atoms with Crippen LogP contribution in [-0.2, 0) is 10.0 Å². The van der Waals surface area contributed by atoms with Gasteiger partial charge in [-0.25, -0.2) is 13.4 Å². The maximum Gasteiger partial charge on any atom is 0.263 e. The van der Waals surface area contributed by atoms with Gasteiger partial charge >= 0.3 is 0 Å². The second-order valence-corrected chi connectivity index (χ2v) is 7.04. The monoisotopic (exact) mass is 304 g/mol. The smallest absolute Gasteiger partial charge is 0.255 e. The number of hydrogen-bond acceptors (Lipinski definition) is 4. The van der Waals surface area contributed by atoms with Crippen LogP contribution in [0.4, 0.5) is 5.13 Å². The Morgan fingerprint density at radius 3 is 2.50 bits per heavy atom. The molecule has 0 aliphatic heterocycles. The average Bonchev–Trinajstić information content (AvgIpc) is 2.80. The molecule has 102 valence electrons. The SMILES string of the molecule is Cc1ccccc1S(=O)(=O)Nc1nc2ccccc2s1. The number of sulfonamides is 1. The van der Waals surface area contributed by atoms with Crippen LogP contribution >= 0.6 is 11.3 Å². The first-order valence-electron chi connectivity index (χ1n) is 6.00. The Labute approximate surface area is 121 Å². The van der Waals surface area contributed by atoms with Crippen molar-refractivity contribution in [1.82, 2.24) is 4.98 Å². The molecule has 0 saturated heterocycles. The van der Waals surface area contributed by atoms with Gasteiger partial charge in [-0.1, -0.05) is 41.7 Å². The number of aromatic nitrogens is 1. The predicted molar refractivity (Wildman–Crippen MR) is 81.6 cm³/mol. The van der Waals surface area contributed by atoms with Gasteiger partial charge in [0.2, 0.25) is 0 Å². The highest BCUT2D eigenvalue weighted by Gasteiger charge is 2.18. The molecule has 0 saturated carbocycles. The van der Waals surface area contributed by atoms with Crippen molar-refractivity contribution in [3.8, 4) is 0 Å². The van der Waals surface area contributed by atoms with Gasteiger partial charge in [-0.05, 0) is 30.7 Å². The zero-order chi connectivity index (χ0) is 14.2. The molecule has 1 heterocycles. The van der Waals surface area contributed by atoms with Gasteiger partial charge in [0.05, 0.1) is 15.1 Å². The summed E-state index contributed by atoms with van der Waals surface area (Å²) in [5, 5.41) is 0.384. The molecule has 3 rings (SSSR count). The van der Waals surface area contributed by atoms with Gasteiger partial charge in [-0.2, -0.15) is 0 Å². The lowest BCUT2D eigenvalue weighted by atomic mass is 10.2. The molecule has 0 spiro atoms. The minimum Gasteiger partial charge on any atom is -0.255 e. The molecule has 0 fully saturated rings. The van der Waals surface area contributed by atoms with Crippen LogP contribution in [0.15, 0.2) is 53.4 Å². The van der Waals surface area contributed by atoms with Gasteiger partial charge in [0.15, 0.2) is 5.13 Å². The maximum absolute atomic E-state index is 12.4. The highest BCUT2D eigenvalue weighted by molar-refractivity contribution is 7.93. The van der Waals surface area contributed by atoms with E-state index in [0.717, 1.165) is 10.2 Å². The van der Waals surface area contributed by atoms with Crippen molar-refractivity contribution in [3.63, 3.8) is 0 Å². The molecule has 0 amide bonds. The van der Waals surface area contributed by atoms with Crippen molar-refractivity contribution in [2.75, 3.05) is 4.72 Å². The summed E-state index contributed by atoms with van der Waals surface area (Å²) in [6.07, 6.45) is 0. The Morgan fingerprint density at radius 2 is 1.75 bits per heavy atom. The lowest BCUT2D eigenvalue weighted by molar-refractivity contribution is 0.600. The molecule has 20 heavy (non-hydrogen) atoms. The van der Waals surface area contributed by atoms with E-state index in [0.29, 0.717) is 10.7 Å². The second kappa shape index (κ2) is 4.88. The fourth-order valence-electron chi connectivity index (χ4n) is 1.94. The van der Waals surface area contributed by atoms with Crippen molar-refractivity contribution in [2.45, 2.75) is 11.8 Å². The molecule has 0 bridgehead atoms. The van der Waals surface area contributed by atoms with Crippen LogP contribution in [0.5, 0.6) is 0 Å². The van der Waals surface area contributed by atoms with E-state index < -0.39 is 10.0 Å². The molecule has 0 aliphatic carbocycles. The van der Waals surface area contributed by atoms with E-state index in [1.807, 2.05) is 30.3 Å². The third-order valence-electron chi connectivity index (χ3n) is 2.90. The third kappa shape index (κ3) is 2.39. The van der Waals surface area contributed by atoms with E-state index in [1.165, 1.54) is 11.3 Å². The number of rotatable bonds is 3. The molecule has 0 radical (unpaired) electrons. The average molecular weight is 304 g/mol. The Morgan fingerprint density at radius 1 is 1.05 bits per heavy atom. The molecule has 0 atom stereocenters. The Balaban J connectivity index is 1.99. The normalized spacial score (nSPS) is 11.7. The lowest BCUT2D eigenvalue weighted by Crippen LogP contribution is -2.13. The number of anilines is 1. The first-order chi connectivity index (χ1) is 9.56. The zero-order valence-electron chi connectivity index (χ0n) is 10.7. The third-order valence-corrected chi connectivity index (χ3v) is 5.48. The first kappa shape index (κ1) is 13.1. The van der Waals surface area contributed by atoms with E-state index in [9.17, 15) is 8.42 Å². The lowest BCUT2D eigenvalue weighted by Gasteiger charge is -2.07. The summed E-state index contributed by atoms with van der Waals surface area (Å²) in [7, 11) is -3.59. The van der Waals surface area contributed by atoms with Gasteiger partial charge in [0.1, 0.15) is 0 Å². The van der Waals surface area contributed by atoms with E-state index >= 15 is 0 Å². The zero-order valence-corrected chi connectivity index (χ0v) is 12.3. The van der Waals surface area contributed by atoms with Gasteiger partial charge < -0.3 is 0 Å². The Kier molecular flexibility index (Phi) is 3.19. The number of nitrogens with one attached hydrogen (secondary N) is 1. The van der Waals surface area contributed by atoms with Gasteiger partial charge in [-0.3, -0.25) is 4.72 Å². The minimum absolute atomic E-state index is 0.277. The molecule has 1 N–H and O–H groups in total. The summed E-state index contributed by atoms with van der Waals surface area (Å²) in [4.78, 5) is 4.56. The molecule has 3 aromatic rings. The van der Waals surface area contributed by atoms with Crippen LogP contribution in [0.25, 0.3) is 10.2 Å². The van der Waals surface area contributed by atoms with Crippen molar-refractivity contribution >= 4 is 36.7 Å². The van der Waals surface area contributed by atoms with Crippen molar-refractivity contribution in [1.29, 1.82) is 0 Å². The predicted octanol–water partition coefficient (Wildman–Crippen LogP) is 3.41. The fraction of sp³-hybridized carbons (Fsp3) is 0.0714. The Bertz CT molecular complexity index is 837. The quantitative estimate of drug-likeness (QED) is 0.806. The molecule has 2 aromatic carbocycles. The number of benzene rings is 2. The highest BCUT2D eigenvalue weighted by atomic mass is 32.2. The second-order valence-electron chi connectivity index (χ2n) is 4.36.